The van der Waals surface area contributed by atoms with Gasteiger partial charge in [0.15, 0.2) is 5.82 Å². The molecule has 0 saturated heterocycles. The molecule has 1 aromatic heterocycles. The smallest absolute Gasteiger partial charge is 0.225 e. The van der Waals surface area contributed by atoms with Crippen LogP contribution in [0.4, 0.5) is 5.82 Å². The third-order valence-electron chi connectivity index (χ3n) is 6.45. The first kappa shape index (κ1) is 16.5. The van der Waals surface area contributed by atoms with E-state index in [9.17, 15) is 4.79 Å². The Hall–Kier alpha value is -2.62. The number of hydrogen-bond donors (Lipinski definition) is 1. The Morgan fingerprint density at radius 3 is 2.81 bits per heavy atom. The number of anilines is 1. The minimum Gasteiger partial charge on any atom is -0.309 e. The van der Waals surface area contributed by atoms with Crippen LogP contribution in [0.2, 0.25) is 0 Å². The van der Waals surface area contributed by atoms with Gasteiger partial charge in [-0.15, -0.1) is 0 Å². The number of carbonyl (C=O) groups is 1. The second-order valence-corrected chi connectivity index (χ2v) is 8.22. The maximum Gasteiger partial charge on any atom is 0.225 e. The first-order chi connectivity index (χ1) is 13.2. The van der Waals surface area contributed by atoms with E-state index in [2.05, 4.69) is 52.9 Å². The number of fused-ring (bicyclic) bond motifs is 3. The molecular formula is C23H25N3O. The Kier molecular flexibility index (Phi) is 4.19. The highest BCUT2D eigenvalue weighted by Gasteiger charge is 2.40. The Morgan fingerprint density at radius 2 is 1.96 bits per heavy atom. The molecule has 27 heavy (non-hydrogen) atoms. The van der Waals surface area contributed by atoms with Crippen LogP contribution in [0.15, 0.2) is 54.7 Å². The van der Waals surface area contributed by atoms with E-state index >= 15 is 0 Å². The number of nitrogens with one attached hydrogen (secondary N) is 1. The van der Waals surface area contributed by atoms with Gasteiger partial charge in [-0.25, -0.2) is 0 Å². The maximum absolute atomic E-state index is 12.4. The predicted molar refractivity (Wildman–Crippen MR) is 107 cm³/mol. The number of hydrogen-bond acceptors (Lipinski definition) is 2. The summed E-state index contributed by atoms with van der Waals surface area (Å²) in [5.41, 5.74) is 1.23. The van der Waals surface area contributed by atoms with Gasteiger partial charge in [-0.3, -0.25) is 9.48 Å². The third kappa shape index (κ3) is 3.36. The SMILES string of the molecule is O=C(CC1CC2CCC1C2)Nc1ccn(Cc2cccc3ccccc23)n1. The fourth-order valence-corrected chi connectivity index (χ4v) is 5.18. The first-order valence-corrected chi connectivity index (χ1v) is 10.0. The minimum atomic E-state index is 0.114. The molecule has 2 saturated carbocycles. The zero-order valence-corrected chi connectivity index (χ0v) is 15.5. The van der Waals surface area contributed by atoms with Crippen LogP contribution in [-0.2, 0) is 11.3 Å². The summed E-state index contributed by atoms with van der Waals surface area (Å²) in [6, 6.07) is 16.6. The van der Waals surface area contributed by atoms with E-state index in [4.69, 9.17) is 0 Å². The Labute approximate surface area is 159 Å². The Bertz CT molecular complexity index is 971. The van der Waals surface area contributed by atoms with Gasteiger partial charge in [0.25, 0.3) is 0 Å². The van der Waals surface area contributed by atoms with Crippen molar-refractivity contribution in [2.24, 2.45) is 17.8 Å². The van der Waals surface area contributed by atoms with Gasteiger partial charge in [-0.05, 0) is 53.4 Å². The van der Waals surface area contributed by atoms with Gasteiger partial charge in [0, 0.05) is 18.7 Å². The molecule has 138 valence electrons. The van der Waals surface area contributed by atoms with Gasteiger partial charge in [-0.1, -0.05) is 48.9 Å². The standard InChI is InChI=1S/C23H25N3O/c27-23(14-20-13-16-8-9-18(20)12-16)24-22-10-11-26(25-22)15-19-6-3-5-17-4-1-2-7-21(17)19/h1-7,10-11,16,18,20H,8-9,12-15H2,(H,24,25,27). The van der Waals surface area contributed by atoms with Crippen molar-refractivity contribution < 1.29 is 4.79 Å². The van der Waals surface area contributed by atoms with Crippen molar-refractivity contribution in [1.82, 2.24) is 9.78 Å². The van der Waals surface area contributed by atoms with Crippen molar-refractivity contribution in [1.29, 1.82) is 0 Å². The van der Waals surface area contributed by atoms with E-state index in [1.807, 2.05) is 16.9 Å². The van der Waals surface area contributed by atoms with Crippen LogP contribution in [-0.4, -0.2) is 15.7 Å². The average molecular weight is 359 g/mol. The van der Waals surface area contributed by atoms with Gasteiger partial charge >= 0.3 is 0 Å². The molecule has 2 aliphatic carbocycles. The van der Waals surface area contributed by atoms with Crippen molar-refractivity contribution in [2.75, 3.05) is 5.32 Å². The fraction of sp³-hybridized carbons (Fsp3) is 0.391. The van der Waals surface area contributed by atoms with Gasteiger partial charge in [-0.2, -0.15) is 5.10 Å². The maximum atomic E-state index is 12.4. The molecule has 4 heteroatoms. The van der Waals surface area contributed by atoms with Crippen LogP contribution in [0.3, 0.4) is 0 Å². The number of nitrogens with zero attached hydrogens (tertiary/aromatic N) is 2. The molecule has 0 aliphatic heterocycles. The number of rotatable bonds is 5. The highest BCUT2D eigenvalue weighted by Crippen LogP contribution is 2.49. The molecule has 3 atom stereocenters. The number of carbonyl (C=O) groups excluding carboxylic acids is 1. The average Bonchev–Trinajstić information content (AvgIpc) is 3.40. The summed E-state index contributed by atoms with van der Waals surface area (Å²) in [7, 11) is 0. The second-order valence-electron chi connectivity index (χ2n) is 8.22. The lowest BCUT2D eigenvalue weighted by Gasteiger charge is -2.20. The molecule has 1 N–H and O–H groups in total. The second kappa shape index (κ2) is 6.84. The molecule has 0 spiro atoms. The summed E-state index contributed by atoms with van der Waals surface area (Å²) in [6.07, 6.45) is 7.88. The largest absolute Gasteiger partial charge is 0.309 e. The third-order valence-corrected chi connectivity index (χ3v) is 6.45. The zero-order chi connectivity index (χ0) is 18.2. The lowest BCUT2D eigenvalue weighted by atomic mass is 9.86. The molecule has 3 aromatic rings. The fourth-order valence-electron chi connectivity index (χ4n) is 5.18. The monoisotopic (exact) mass is 359 g/mol. The quantitative estimate of drug-likeness (QED) is 0.708. The van der Waals surface area contributed by atoms with Crippen LogP contribution >= 0.6 is 0 Å². The van der Waals surface area contributed by atoms with E-state index in [0.717, 1.165) is 11.8 Å². The summed E-state index contributed by atoms with van der Waals surface area (Å²) >= 11 is 0. The van der Waals surface area contributed by atoms with Gasteiger partial charge in [0.05, 0.1) is 6.54 Å². The molecule has 1 amide bonds. The van der Waals surface area contributed by atoms with E-state index < -0.39 is 0 Å². The Morgan fingerprint density at radius 1 is 1.07 bits per heavy atom. The summed E-state index contributed by atoms with van der Waals surface area (Å²) < 4.78 is 1.90. The normalized spacial score (nSPS) is 23.8. The van der Waals surface area contributed by atoms with Gasteiger partial charge < -0.3 is 5.32 Å². The number of benzene rings is 2. The van der Waals surface area contributed by atoms with Gasteiger partial charge in [0.2, 0.25) is 5.91 Å². The number of aromatic nitrogens is 2. The van der Waals surface area contributed by atoms with Crippen LogP contribution in [0.1, 0.15) is 37.7 Å². The van der Waals surface area contributed by atoms with E-state index in [-0.39, 0.29) is 5.91 Å². The molecule has 1 heterocycles. The summed E-state index contributed by atoms with van der Waals surface area (Å²) in [5.74, 6) is 3.02. The molecular weight excluding hydrogens is 334 g/mol. The topological polar surface area (TPSA) is 46.9 Å². The highest BCUT2D eigenvalue weighted by atomic mass is 16.1. The molecule has 2 aromatic carbocycles. The van der Waals surface area contributed by atoms with Crippen molar-refractivity contribution in [3.05, 3.63) is 60.3 Å². The summed E-state index contributed by atoms with van der Waals surface area (Å²) in [5, 5.41) is 10.0. The summed E-state index contributed by atoms with van der Waals surface area (Å²) in [6.45, 7) is 0.698. The molecule has 0 radical (unpaired) electrons. The van der Waals surface area contributed by atoms with Crippen molar-refractivity contribution in [3.63, 3.8) is 0 Å². The van der Waals surface area contributed by atoms with E-state index in [1.165, 1.54) is 42.0 Å². The minimum absolute atomic E-state index is 0.114. The molecule has 2 aliphatic rings. The van der Waals surface area contributed by atoms with E-state index in [0.29, 0.717) is 24.7 Å². The van der Waals surface area contributed by atoms with E-state index in [1.54, 1.807) is 0 Å². The lowest BCUT2D eigenvalue weighted by molar-refractivity contribution is -0.117. The van der Waals surface area contributed by atoms with Gasteiger partial charge in [0.1, 0.15) is 0 Å². The molecule has 5 rings (SSSR count). The number of amides is 1. The zero-order valence-electron chi connectivity index (χ0n) is 15.5. The predicted octanol–water partition coefficient (Wildman–Crippen LogP) is 4.85. The molecule has 2 fully saturated rings. The Balaban J connectivity index is 1.24. The van der Waals surface area contributed by atoms with Crippen LogP contribution in [0.5, 0.6) is 0 Å². The summed E-state index contributed by atoms with van der Waals surface area (Å²) in [4.78, 5) is 12.4. The van der Waals surface area contributed by atoms with Crippen molar-refractivity contribution >= 4 is 22.5 Å². The van der Waals surface area contributed by atoms with Crippen LogP contribution < -0.4 is 5.32 Å². The van der Waals surface area contributed by atoms with Crippen LogP contribution in [0.25, 0.3) is 10.8 Å². The lowest BCUT2D eigenvalue weighted by Crippen LogP contribution is -2.20. The molecule has 2 bridgehead atoms. The first-order valence-electron chi connectivity index (χ1n) is 10.0. The van der Waals surface area contributed by atoms with Crippen molar-refractivity contribution in [3.8, 4) is 0 Å². The van der Waals surface area contributed by atoms with Crippen LogP contribution in [0, 0.1) is 17.8 Å². The highest BCUT2D eigenvalue weighted by molar-refractivity contribution is 5.90. The molecule has 4 nitrogen and oxygen atoms in total. The van der Waals surface area contributed by atoms with Crippen molar-refractivity contribution in [2.45, 2.75) is 38.6 Å². The molecule has 3 unspecified atom stereocenters.